The van der Waals surface area contributed by atoms with E-state index in [2.05, 4.69) is 10.3 Å². The molecular formula is C16H18N4O3S. The number of rotatable bonds is 3. The largest absolute Gasteiger partial charge is 0.348 e. The molecule has 1 saturated carbocycles. The maximum Gasteiger partial charge on any atom is 0.272 e. The van der Waals surface area contributed by atoms with Crippen molar-refractivity contribution in [1.29, 1.82) is 0 Å². The molecule has 0 bridgehead atoms. The SMILES string of the molecule is CCN1Cc2c(C(=O)NC3CC3)ncn2-c2ccccc2S1(=O)=O. The first-order valence-corrected chi connectivity index (χ1v) is 9.43. The van der Waals surface area contributed by atoms with E-state index in [0.29, 0.717) is 23.6 Å². The normalized spacial score (nSPS) is 19.2. The smallest absolute Gasteiger partial charge is 0.272 e. The molecule has 2 heterocycles. The first-order chi connectivity index (χ1) is 11.5. The van der Waals surface area contributed by atoms with Gasteiger partial charge in [-0.15, -0.1) is 0 Å². The molecule has 1 aromatic carbocycles. The van der Waals surface area contributed by atoms with Gasteiger partial charge < -0.3 is 5.32 Å². The van der Waals surface area contributed by atoms with Gasteiger partial charge >= 0.3 is 0 Å². The maximum absolute atomic E-state index is 12.9. The number of hydrogen-bond acceptors (Lipinski definition) is 4. The molecule has 1 N–H and O–H groups in total. The summed E-state index contributed by atoms with van der Waals surface area (Å²) in [7, 11) is -3.61. The van der Waals surface area contributed by atoms with Crippen LogP contribution in [0.25, 0.3) is 5.69 Å². The third kappa shape index (κ3) is 2.33. The van der Waals surface area contributed by atoms with Crippen molar-refractivity contribution in [3.63, 3.8) is 0 Å². The average molecular weight is 346 g/mol. The predicted molar refractivity (Wildman–Crippen MR) is 87.3 cm³/mol. The lowest BCUT2D eigenvalue weighted by molar-refractivity contribution is 0.0945. The highest BCUT2D eigenvalue weighted by Crippen LogP contribution is 2.31. The van der Waals surface area contributed by atoms with Crippen LogP contribution in [0.3, 0.4) is 0 Å². The summed E-state index contributed by atoms with van der Waals surface area (Å²) in [6.07, 6.45) is 3.50. The standard InChI is InChI=1S/C16H18N4O3S/c1-2-19-9-13-15(16(21)18-11-7-8-11)17-10-20(13)12-5-3-4-6-14(12)24(19,22)23/h3-6,10-11H,2,7-9H2,1H3,(H,18,21). The number of benzene rings is 1. The van der Waals surface area contributed by atoms with Gasteiger partial charge in [-0.3, -0.25) is 9.36 Å². The van der Waals surface area contributed by atoms with Crippen LogP contribution < -0.4 is 5.32 Å². The Kier molecular flexibility index (Phi) is 3.47. The van der Waals surface area contributed by atoms with Gasteiger partial charge in [-0.05, 0) is 25.0 Å². The molecule has 2 aromatic rings. The number of amides is 1. The van der Waals surface area contributed by atoms with Gasteiger partial charge in [-0.2, -0.15) is 4.31 Å². The topological polar surface area (TPSA) is 84.3 Å². The minimum absolute atomic E-state index is 0.126. The van der Waals surface area contributed by atoms with Gasteiger partial charge in [-0.1, -0.05) is 19.1 Å². The van der Waals surface area contributed by atoms with Crippen molar-refractivity contribution >= 4 is 15.9 Å². The van der Waals surface area contributed by atoms with E-state index in [4.69, 9.17) is 0 Å². The number of imidazole rings is 1. The molecule has 1 fully saturated rings. The number of carbonyl (C=O) groups is 1. The van der Waals surface area contributed by atoms with Crippen LogP contribution >= 0.6 is 0 Å². The summed E-state index contributed by atoms with van der Waals surface area (Å²) in [5.74, 6) is -0.237. The van der Waals surface area contributed by atoms with Crippen LogP contribution in [0.4, 0.5) is 0 Å². The Morgan fingerprint density at radius 3 is 2.79 bits per heavy atom. The fraction of sp³-hybridized carbons (Fsp3) is 0.375. The van der Waals surface area contributed by atoms with Crippen LogP contribution in [-0.2, 0) is 16.6 Å². The van der Waals surface area contributed by atoms with Gasteiger partial charge in [0.2, 0.25) is 10.0 Å². The molecule has 2 aliphatic rings. The molecule has 0 unspecified atom stereocenters. The molecule has 126 valence electrons. The highest BCUT2D eigenvalue weighted by molar-refractivity contribution is 7.89. The van der Waals surface area contributed by atoms with Crippen LogP contribution in [0.15, 0.2) is 35.5 Å². The zero-order valence-electron chi connectivity index (χ0n) is 13.3. The number of nitrogens with one attached hydrogen (secondary N) is 1. The quantitative estimate of drug-likeness (QED) is 0.908. The molecule has 4 rings (SSSR count). The third-order valence-corrected chi connectivity index (χ3v) is 6.38. The number of hydrogen-bond donors (Lipinski definition) is 1. The molecule has 0 radical (unpaired) electrons. The maximum atomic E-state index is 12.9. The first kappa shape index (κ1) is 15.3. The van der Waals surface area contributed by atoms with Crippen molar-refractivity contribution in [3.8, 4) is 5.69 Å². The monoisotopic (exact) mass is 346 g/mol. The number of carbonyl (C=O) groups excluding carboxylic acids is 1. The van der Waals surface area contributed by atoms with Crippen molar-refractivity contribution < 1.29 is 13.2 Å². The fourth-order valence-electron chi connectivity index (χ4n) is 2.95. The van der Waals surface area contributed by atoms with Crippen LogP contribution in [0.5, 0.6) is 0 Å². The van der Waals surface area contributed by atoms with Crippen molar-refractivity contribution in [1.82, 2.24) is 19.2 Å². The molecule has 8 heteroatoms. The summed E-state index contributed by atoms with van der Waals surface area (Å²) >= 11 is 0. The summed E-state index contributed by atoms with van der Waals surface area (Å²) in [5.41, 5.74) is 1.43. The molecule has 0 spiro atoms. The van der Waals surface area contributed by atoms with Crippen LogP contribution in [0.1, 0.15) is 35.9 Å². The van der Waals surface area contributed by atoms with Gasteiger partial charge in [0.05, 0.1) is 17.9 Å². The Hall–Kier alpha value is -2.19. The Balaban J connectivity index is 1.88. The molecule has 7 nitrogen and oxygen atoms in total. The second kappa shape index (κ2) is 5.42. The van der Waals surface area contributed by atoms with E-state index in [1.165, 1.54) is 10.6 Å². The van der Waals surface area contributed by atoms with E-state index in [0.717, 1.165) is 12.8 Å². The summed E-state index contributed by atoms with van der Waals surface area (Å²) in [5, 5.41) is 2.92. The van der Waals surface area contributed by atoms with Crippen LogP contribution in [-0.4, -0.2) is 40.8 Å². The first-order valence-electron chi connectivity index (χ1n) is 7.99. The van der Waals surface area contributed by atoms with Gasteiger partial charge in [0, 0.05) is 12.6 Å². The molecule has 1 aliphatic heterocycles. The van der Waals surface area contributed by atoms with E-state index >= 15 is 0 Å². The van der Waals surface area contributed by atoms with E-state index < -0.39 is 10.0 Å². The molecule has 24 heavy (non-hydrogen) atoms. The second-order valence-corrected chi connectivity index (χ2v) is 7.96. The summed E-state index contributed by atoms with van der Waals surface area (Å²) < 4.78 is 28.9. The van der Waals surface area contributed by atoms with Crippen molar-refractivity contribution in [3.05, 3.63) is 42.0 Å². The molecule has 0 saturated heterocycles. The molecule has 1 aromatic heterocycles. The van der Waals surface area contributed by atoms with Gasteiger partial charge in [0.25, 0.3) is 5.91 Å². The zero-order chi connectivity index (χ0) is 16.9. The van der Waals surface area contributed by atoms with Crippen LogP contribution in [0.2, 0.25) is 0 Å². The van der Waals surface area contributed by atoms with Crippen molar-refractivity contribution in [2.24, 2.45) is 0 Å². The predicted octanol–water partition coefficient (Wildman–Crippen LogP) is 1.29. The number of fused-ring (bicyclic) bond motifs is 3. The van der Waals surface area contributed by atoms with Crippen molar-refractivity contribution in [2.75, 3.05) is 6.54 Å². The van der Waals surface area contributed by atoms with Crippen molar-refractivity contribution in [2.45, 2.75) is 37.2 Å². The Bertz CT molecular complexity index is 915. The molecule has 1 aliphatic carbocycles. The Morgan fingerprint density at radius 1 is 1.33 bits per heavy atom. The highest BCUT2D eigenvalue weighted by atomic mass is 32.2. The van der Waals surface area contributed by atoms with E-state index in [-0.39, 0.29) is 23.4 Å². The lowest BCUT2D eigenvalue weighted by Crippen LogP contribution is -2.31. The number of sulfonamides is 1. The lowest BCUT2D eigenvalue weighted by atomic mass is 10.2. The summed E-state index contributed by atoms with van der Waals surface area (Å²) in [6, 6.07) is 7.03. The third-order valence-electron chi connectivity index (χ3n) is 4.42. The summed E-state index contributed by atoms with van der Waals surface area (Å²) in [6.45, 7) is 2.24. The lowest BCUT2D eigenvalue weighted by Gasteiger charge is -2.18. The Morgan fingerprint density at radius 2 is 2.08 bits per heavy atom. The van der Waals surface area contributed by atoms with Gasteiger partial charge in [0.1, 0.15) is 11.2 Å². The summed E-state index contributed by atoms with van der Waals surface area (Å²) in [4.78, 5) is 17.0. The molecule has 0 atom stereocenters. The highest BCUT2D eigenvalue weighted by Gasteiger charge is 2.34. The zero-order valence-corrected chi connectivity index (χ0v) is 14.1. The molecular weight excluding hydrogens is 328 g/mol. The van der Waals surface area contributed by atoms with E-state index in [1.807, 2.05) is 0 Å². The fourth-order valence-corrected chi connectivity index (χ4v) is 4.54. The van der Waals surface area contributed by atoms with Gasteiger partial charge in [-0.25, -0.2) is 13.4 Å². The average Bonchev–Trinajstić information content (AvgIpc) is 3.29. The van der Waals surface area contributed by atoms with E-state index in [9.17, 15) is 13.2 Å². The van der Waals surface area contributed by atoms with Gasteiger partial charge in [0.15, 0.2) is 5.69 Å². The minimum atomic E-state index is -3.61. The number of aromatic nitrogens is 2. The second-order valence-electron chi connectivity index (χ2n) is 6.06. The Labute approximate surface area is 140 Å². The number of nitrogens with zero attached hydrogens (tertiary/aromatic N) is 3. The van der Waals surface area contributed by atoms with Crippen LogP contribution in [0, 0.1) is 0 Å². The van der Waals surface area contributed by atoms with E-state index in [1.54, 1.807) is 35.8 Å². The minimum Gasteiger partial charge on any atom is -0.348 e. The molecule has 1 amide bonds. The number of para-hydroxylation sites is 1.